The molecule has 174 valence electrons. The van der Waals surface area contributed by atoms with E-state index in [2.05, 4.69) is 25.7 Å². The number of nitrogens with one attached hydrogen (secondary N) is 2. The SMILES string of the molecule is C.CCn1nc(C)cc1-c1nc(-c2cc(C(N)=O)cc3c2cnn3CC[C@@H]2CCNC2)n[nH]1. The fourth-order valence-corrected chi connectivity index (χ4v) is 4.42. The van der Waals surface area contributed by atoms with Gasteiger partial charge >= 0.3 is 0 Å². The van der Waals surface area contributed by atoms with Crippen LogP contribution in [0.1, 0.15) is 43.2 Å². The van der Waals surface area contributed by atoms with Gasteiger partial charge in [0.2, 0.25) is 5.91 Å². The summed E-state index contributed by atoms with van der Waals surface area (Å²) < 4.78 is 3.83. The number of amides is 1. The summed E-state index contributed by atoms with van der Waals surface area (Å²) in [6.45, 7) is 7.61. The van der Waals surface area contributed by atoms with Crippen LogP contribution in [0.5, 0.6) is 0 Å². The summed E-state index contributed by atoms with van der Waals surface area (Å²) >= 11 is 0. The maximum Gasteiger partial charge on any atom is 0.248 e. The Bertz CT molecular complexity index is 1280. The second-order valence-corrected chi connectivity index (χ2v) is 8.33. The molecule has 3 aromatic heterocycles. The molecule has 1 aromatic carbocycles. The third-order valence-corrected chi connectivity index (χ3v) is 6.13. The molecule has 1 amide bonds. The molecular formula is C23H31N9O. The van der Waals surface area contributed by atoms with Crippen molar-refractivity contribution >= 4 is 16.8 Å². The smallest absolute Gasteiger partial charge is 0.248 e. The zero-order valence-electron chi connectivity index (χ0n) is 18.3. The summed E-state index contributed by atoms with van der Waals surface area (Å²) in [5.74, 6) is 1.28. The molecule has 1 fully saturated rings. The first-order valence-electron chi connectivity index (χ1n) is 11.0. The number of aromatic amines is 1. The van der Waals surface area contributed by atoms with E-state index in [9.17, 15) is 4.79 Å². The first-order valence-corrected chi connectivity index (χ1v) is 11.0. The zero-order chi connectivity index (χ0) is 22.2. The van der Waals surface area contributed by atoms with Gasteiger partial charge in [0.25, 0.3) is 0 Å². The monoisotopic (exact) mass is 449 g/mol. The van der Waals surface area contributed by atoms with Gasteiger partial charge in [0.1, 0.15) is 5.69 Å². The highest BCUT2D eigenvalue weighted by Gasteiger charge is 2.20. The number of hydrogen-bond acceptors (Lipinski definition) is 6. The number of fused-ring (bicyclic) bond motifs is 1. The lowest BCUT2D eigenvalue weighted by atomic mass is 10.0. The van der Waals surface area contributed by atoms with Gasteiger partial charge in [-0.25, -0.2) is 4.98 Å². The number of rotatable bonds is 7. The zero-order valence-corrected chi connectivity index (χ0v) is 18.3. The molecule has 10 nitrogen and oxygen atoms in total. The Morgan fingerprint density at radius 1 is 1.27 bits per heavy atom. The molecule has 1 aliphatic heterocycles. The minimum Gasteiger partial charge on any atom is -0.366 e. The van der Waals surface area contributed by atoms with E-state index in [0.29, 0.717) is 23.1 Å². The molecule has 1 aliphatic rings. The minimum absolute atomic E-state index is 0. The van der Waals surface area contributed by atoms with E-state index in [1.54, 1.807) is 6.07 Å². The number of carbonyl (C=O) groups excluding carboxylic acids is 1. The third-order valence-electron chi connectivity index (χ3n) is 6.13. The van der Waals surface area contributed by atoms with Crippen LogP contribution >= 0.6 is 0 Å². The van der Waals surface area contributed by atoms with Crippen molar-refractivity contribution < 1.29 is 4.79 Å². The summed E-state index contributed by atoms with van der Waals surface area (Å²) in [6, 6.07) is 5.52. The van der Waals surface area contributed by atoms with Crippen LogP contribution in [0.4, 0.5) is 0 Å². The lowest BCUT2D eigenvalue weighted by molar-refractivity contribution is 0.100. The Labute approximate surface area is 192 Å². The molecule has 1 saturated heterocycles. The second kappa shape index (κ2) is 9.14. The molecule has 0 saturated carbocycles. The van der Waals surface area contributed by atoms with Crippen LogP contribution in [0.25, 0.3) is 33.8 Å². The molecule has 4 heterocycles. The summed E-state index contributed by atoms with van der Waals surface area (Å²) in [4.78, 5) is 16.8. The van der Waals surface area contributed by atoms with Crippen molar-refractivity contribution in [3.8, 4) is 22.9 Å². The van der Waals surface area contributed by atoms with Crippen molar-refractivity contribution in [1.82, 2.24) is 40.1 Å². The lowest BCUT2D eigenvalue weighted by Crippen LogP contribution is -2.13. The van der Waals surface area contributed by atoms with E-state index < -0.39 is 5.91 Å². The van der Waals surface area contributed by atoms with Gasteiger partial charge in [-0.2, -0.15) is 15.3 Å². The predicted molar refractivity (Wildman–Crippen MR) is 128 cm³/mol. The number of hydrogen-bond donors (Lipinski definition) is 3. The van der Waals surface area contributed by atoms with Crippen LogP contribution in [0, 0.1) is 12.8 Å². The van der Waals surface area contributed by atoms with Crippen LogP contribution in [0.3, 0.4) is 0 Å². The van der Waals surface area contributed by atoms with E-state index in [1.807, 2.05) is 41.5 Å². The number of H-pyrrole nitrogens is 1. The number of primary amides is 1. The van der Waals surface area contributed by atoms with E-state index in [-0.39, 0.29) is 7.43 Å². The van der Waals surface area contributed by atoms with Crippen molar-refractivity contribution in [1.29, 1.82) is 0 Å². The molecule has 5 rings (SSSR count). The van der Waals surface area contributed by atoms with E-state index >= 15 is 0 Å². The number of aromatic nitrogens is 7. The van der Waals surface area contributed by atoms with Crippen molar-refractivity contribution in [2.45, 2.75) is 47.2 Å². The molecule has 10 heteroatoms. The fourth-order valence-electron chi connectivity index (χ4n) is 4.42. The minimum atomic E-state index is -0.490. The van der Waals surface area contributed by atoms with Gasteiger partial charge in [-0.1, -0.05) is 7.43 Å². The van der Waals surface area contributed by atoms with Crippen LogP contribution < -0.4 is 11.1 Å². The molecule has 0 spiro atoms. The normalized spacial score (nSPS) is 15.8. The van der Waals surface area contributed by atoms with Gasteiger partial charge in [-0.3, -0.25) is 19.3 Å². The highest BCUT2D eigenvalue weighted by molar-refractivity contribution is 6.02. The first-order chi connectivity index (χ1) is 15.5. The number of nitrogens with zero attached hydrogens (tertiary/aromatic N) is 6. The van der Waals surface area contributed by atoms with Gasteiger partial charge in [0.15, 0.2) is 11.6 Å². The third kappa shape index (κ3) is 4.25. The number of benzene rings is 1. The Balaban J connectivity index is 0.00000259. The molecule has 4 N–H and O–H groups in total. The molecule has 4 aromatic rings. The van der Waals surface area contributed by atoms with Crippen LogP contribution in [0.15, 0.2) is 24.4 Å². The molecule has 0 unspecified atom stereocenters. The Kier molecular flexibility index (Phi) is 6.28. The van der Waals surface area contributed by atoms with Crippen LogP contribution in [-0.2, 0) is 13.1 Å². The standard InChI is InChI=1S/C22H27N9O.CH4/c1-3-30-19(8-13(2)29-30)22-26-21(27-28-22)16-9-15(20(23)32)10-18-17(16)12-25-31(18)7-5-14-4-6-24-11-14;/h8-10,12,14,24H,3-7,11H2,1-2H3,(H2,23,32)(H,26,27,28);1H4/t14-;/m0./s1. The summed E-state index contributed by atoms with van der Waals surface area (Å²) in [5, 5.41) is 20.8. The maximum atomic E-state index is 12.1. The fraction of sp³-hybridized carbons (Fsp3) is 0.435. The predicted octanol–water partition coefficient (Wildman–Crippen LogP) is 2.75. The van der Waals surface area contributed by atoms with Gasteiger partial charge < -0.3 is 11.1 Å². The van der Waals surface area contributed by atoms with Crippen molar-refractivity contribution in [3.63, 3.8) is 0 Å². The topological polar surface area (TPSA) is 132 Å². The van der Waals surface area contributed by atoms with Gasteiger partial charge in [0.05, 0.1) is 17.4 Å². The largest absolute Gasteiger partial charge is 0.366 e. The van der Waals surface area contributed by atoms with E-state index in [4.69, 9.17) is 10.7 Å². The summed E-state index contributed by atoms with van der Waals surface area (Å²) in [7, 11) is 0. The number of carbonyl (C=O) groups is 1. The highest BCUT2D eigenvalue weighted by Crippen LogP contribution is 2.30. The van der Waals surface area contributed by atoms with Gasteiger partial charge in [-0.15, -0.1) is 0 Å². The van der Waals surface area contributed by atoms with E-state index in [0.717, 1.165) is 60.5 Å². The summed E-state index contributed by atoms with van der Waals surface area (Å²) in [6.07, 6.45) is 4.04. The average Bonchev–Trinajstić information content (AvgIpc) is 3.57. The Morgan fingerprint density at radius 2 is 2.12 bits per heavy atom. The van der Waals surface area contributed by atoms with Gasteiger partial charge in [-0.05, 0) is 63.9 Å². The molecule has 0 radical (unpaired) electrons. The first kappa shape index (κ1) is 22.7. The van der Waals surface area contributed by atoms with Crippen molar-refractivity contribution in [2.24, 2.45) is 11.7 Å². The average molecular weight is 450 g/mol. The quantitative estimate of drug-likeness (QED) is 0.397. The van der Waals surface area contributed by atoms with Crippen LogP contribution in [-0.4, -0.2) is 53.7 Å². The van der Waals surface area contributed by atoms with Crippen LogP contribution in [0.2, 0.25) is 0 Å². The molecule has 0 bridgehead atoms. The van der Waals surface area contributed by atoms with Gasteiger partial charge in [0, 0.05) is 29.6 Å². The number of aryl methyl sites for hydroxylation is 3. The molecule has 1 atom stereocenters. The molecule has 33 heavy (non-hydrogen) atoms. The Hall–Kier alpha value is -3.53. The maximum absolute atomic E-state index is 12.1. The summed E-state index contributed by atoms with van der Waals surface area (Å²) in [5.41, 5.74) is 9.43. The molecule has 0 aliphatic carbocycles. The second-order valence-electron chi connectivity index (χ2n) is 8.33. The number of nitrogens with two attached hydrogens (primary N) is 1. The van der Waals surface area contributed by atoms with Crippen molar-refractivity contribution in [3.05, 3.63) is 35.7 Å². The lowest BCUT2D eigenvalue weighted by Gasteiger charge is -2.10. The highest BCUT2D eigenvalue weighted by atomic mass is 16.1. The van der Waals surface area contributed by atoms with Crippen molar-refractivity contribution in [2.75, 3.05) is 13.1 Å². The Morgan fingerprint density at radius 3 is 2.85 bits per heavy atom. The molecular weight excluding hydrogens is 418 g/mol. The van der Waals surface area contributed by atoms with E-state index in [1.165, 1.54) is 6.42 Å².